The first-order valence-electron chi connectivity index (χ1n) is 6.82. The Bertz CT molecular complexity index is 623. The largest absolute Gasteiger partial charge is 0.362 e. The molecular formula is C15H16ClF2N3S. The molecule has 1 unspecified atom stereocenters. The fraction of sp³-hybridized carbons (Fsp3) is 0.333. The van der Waals surface area contributed by atoms with Crippen LogP contribution in [-0.2, 0) is 6.42 Å². The fourth-order valence-corrected chi connectivity index (χ4v) is 2.76. The molecule has 2 rings (SSSR count). The van der Waals surface area contributed by atoms with Gasteiger partial charge in [0, 0.05) is 10.9 Å². The van der Waals surface area contributed by atoms with Gasteiger partial charge in [0.25, 0.3) is 5.76 Å². The number of thioether (sulfide) groups is 1. The summed E-state index contributed by atoms with van der Waals surface area (Å²) in [7, 11) is 0. The van der Waals surface area contributed by atoms with Gasteiger partial charge in [0.05, 0.1) is 5.69 Å². The molecule has 0 bridgehead atoms. The van der Waals surface area contributed by atoms with Crippen molar-refractivity contribution in [3.8, 4) is 0 Å². The quantitative estimate of drug-likeness (QED) is 0.733. The second kappa shape index (κ2) is 7.74. The van der Waals surface area contributed by atoms with E-state index in [9.17, 15) is 8.78 Å². The van der Waals surface area contributed by atoms with Gasteiger partial charge < -0.3 is 5.32 Å². The van der Waals surface area contributed by atoms with E-state index >= 15 is 0 Å². The van der Waals surface area contributed by atoms with Crippen LogP contribution in [0.2, 0.25) is 5.02 Å². The molecule has 1 N–H and O–H groups in total. The second-order valence-electron chi connectivity index (χ2n) is 4.65. The Labute approximate surface area is 137 Å². The number of nitrogens with zero attached hydrogens (tertiary/aromatic N) is 2. The van der Waals surface area contributed by atoms with Gasteiger partial charge in [-0.25, -0.2) is 9.97 Å². The van der Waals surface area contributed by atoms with Gasteiger partial charge in [-0.2, -0.15) is 8.78 Å². The second-order valence-corrected chi connectivity index (χ2v) is 6.09. The molecule has 1 aromatic heterocycles. The molecular weight excluding hydrogens is 328 g/mol. The Morgan fingerprint density at radius 3 is 2.50 bits per heavy atom. The van der Waals surface area contributed by atoms with Crippen molar-refractivity contribution in [2.75, 3.05) is 5.32 Å². The first kappa shape index (κ1) is 17.0. The summed E-state index contributed by atoms with van der Waals surface area (Å²) in [6.07, 6.45) is 2.20. The highest BCUT2D eigenvalue weighted by atomic mass is 35.5. The maximum Gasteiger partial charge on any atom is 0.288 e. The number of hydrogen-bond donors (Lipinski definition) is 1. The van der Waals surface area contributed by atoms with Gasteiger partial charge in [0.2, 0.25) is 0 Å². The third kappa shape index (κ3) is 4.30. The summed E-state index contributed by atoms with van der Waals surface area (Å²) in [6.45, 7) is 3.93. The smallest absolute Gasteiger partial charge is 0.288 e. The number of nitrogens with one attached hydrogen (secondary N) is 1. The summed E-state index contributed by atoms with van der Waals surface area (Å²) >= 11 is 6.78. The third-order valence-corrected chi connectivity index (χ3v) is 4.27. The molecule has 0 amide bonds. The molecule has 0 aliphatic rings. The average Bonchev–Trinajstić information content (AvgIpc) is 2.49. The number of rotatable bonds is 6. The van der Waals surface area contributed by atoms with Crippen molar-refractivity contribution in [2.24, 2.45) is 0 Å². The topological polar surface area (TPSA) is 37.8 Å². The van der Waals surface area contributed by atoms with E-state index in [4.69, 9.17) is 11.6 Å². The van der Waals surface area contributed by atoms with Gasteiger partial charge in [-0.1, -0.05) is 42.4 Å². The van der Waals surface area contributed by atoms with Crippen molar-refractivity contribution in [2.45, 2.75) is 37.0 Å². The minimum Gasteiger partial charge on any atom is -0.362 e. The van der Waals surface area contributed by atoms with Crippen LogP contribution in [0.15, 0.2) is 35.5 Å². The van der Waals surface area contributed by atoms with E-state index in [0.29, 0.717) is 27.5 Å². The average molecular weight is 344 g/mol. The van der Waals surface area contributed by atoms with Crippen LogP contribution in [-0.4, -0.2) is 15.7 Å². The third-order valence-electron chi connectivity index (χ3n) is 3.16. The number of hydrogen-bond acceptors (Lipinski definition) is 4. The number of aromatic nitrogens is 2. The predicted octanol–water partition coefficient (Wildman–Crippen LogP) is 5.18. The maximum absolute atomic E-state index is 12.3. The lowest BCUT2D eigenvalue weighted by molar-refractivity contribution is 0.252. The number of anilines is 1. The Hall–Kier alpha value is -1.40. The van der Waals surface area contributed by atoms with Crippen LogP contribution in [0.4, 0.5) is 14.6 Å². The summed E-state index contributed by atoms with van der Waals surface area (Å²) in [5.74, 6) is -1.83. The first-order valence-corrected chi connectivity index (χ1v) is 8.07. The SMILES string of the molecule is CCc1ncnc(NC(C)c2ccc(SC(F)F)cc2)c1Cl. The van der Waals surface area contributed by atoms with Gasteiger partial charge in [-0.05, 0) is 31.0 Å². The zero-order valence-electron chi connectivity index (χ0n) is 12.2. The lowest BCUT2D eigenvalue weighted by Crippen LogP contribution is -2.09. The van der Waals surface area contributed by atoms with E-state index in [2.05, 4.69) is 15.3 Å². The van der Waals surface area contributed by atoms with Crippen molar-refractivity contribution in [1.82, 2.24) is 9.97 Å². The Morgan fingerprint density at radius 2 is 1.91 bits per heavy atom. The van der Waals surface area contributed by atoms with Crippen molar-refractivity contribution in [1.29, 1.82) is 0 Å². The highest BCUT2D eigenvalue weighted by molar-refractivity contribution is 7.99. The molecule has 0 saturated heterocycles. The van der Waals surface area contributed by atoms with Crippen LogP contribution in [0.3, 0.4) is 0 Å². The van der Waals surface area contributed by atoms with Crippen LogP contribution in [0.5, 0.6) is 0 Å². The molecule has 1 atom stereocenters. The molecule has 1 heterocycles. The standard InChI is InChI=1S/C15H16ClF2N3S/c1-3-12-13(16)14(20-8-19-12)21-9(2)10-4-6-11(7-5-10)22-15(17)18/h4-9,15H,3H2,1-2H3,(H,19,20,21). The van der Waals surface area contributed by atoms with E-state index in [-0.39, 0.29) is 6.04 Å². The van der Waals surface area contributed by atoms with Crippen LogP contribution in [0.25, 0.3) is 0 Å². The van der Waals surface area contributed by atoms with Gasteiger partial charge in [-0.3, -0.25) is 0 Å². The monoisotopic (exact) mass is 343 g/mol. The maximum atomic E-state index is 12.3. The van der Waals surface area contributed by atoms with Crippen molar-refractivity contribution >= 4 is 29.2 Å². The molecule has 3 nitrogen and oxygen atoms in total. The summed E-state index contributed by atoms with van der Waals surface area (Å²) in [5.41, 5.74) is 1.75. The van der Waals surface area contributed by atoms with E-state index < -0.39 is 5.76 Å². The predicted molar refractivity (Wildman–Crippen MR) is 86.8 cm³/mol. The summed E-state index contributed by atoms with van der Waals surface area (Å²) in [4.78, 5) is 8.81. The van der Waals surface area contributed by atoms with E-state index in [1.807, 2.05) is 26.0 Å². The van der Waals surface area contributed by atoms with Crippen LogP contribution >= 0.6 is 23.4 Å². The highest BCUT2D eigenvalue weighted by Gasteiger charge is 2.12. The summed E-state index contributed by atoms with van der Waals surface area (Å²) in [5, 5.41) is 3.74. The zero-order valence-corrected chi connectivity index (χ0v) is 13.8. The Balaban J connectivity index is 2.10. The van der Waals surface area contributed by atoms with Crippen molar-refractivity contribution in [3.05, 3.63) is 46.9 Å². The van der Waals surface area contributed by atoms with E-state index in [1.165, 1.54) is 6.33 Å². The van der Waals surface area contributed by atoms with Gasteiger partial charge >= 0.3 is 0 Å². The van der Waals surface area contributed by atoms with Gasteiger partial charge in [-0.15, -0.1) is 0 Å². The van der Waals surface area contributed by atoms with Crippen molar-refractivity contribution in [3.63, 3.8) is 0 Å². The fourth-order valence-electron chi connectivity index (χ4n) is 1.98. The normalized spacial score (nSPS) is 12.5. The lowest BCUT2D eigenvalue weighted by Gasteiger charge is -2.17. The van der Waals surface area contributed by atoms with Gasteiger partial charge in [0.1, 0.15) is 17.2 Å². The minimum atomic E-state index is -2.41. The summed E-state index contributed by atoms with van der Waals surface area (Å²) in [6, 6.07) is 6.95. The molecule has 1 aromatic carbocycles. The molecule has 0 fully saturated rings. The molecule has 0 spiro atoms. The first-order chi connectivity index (χ1) is 10.5. The van der Waals surface area contributed by atoms with E-state index in [0.717, 1.165) is 17.7 Å². The number of benzene rings is 1. The molecule has 0 radical (unpaired) electrons. The molecule has 22 heavy (non-hydrogen) atoms. The number of aryl methyl sites for hydroxylation is 1. The van der Waals surface area contributed by atoms with Crippen LogP contribution in [0.1, 0.15) is 31.1 Å². The molecule has 0 aliphatic heterocycles. The summed E-state index contributed by atoms with van der Waals surface area (Å²) < 4.78 is 24.6. The van der Waals surface area contributed by atoms with Crippen LogP contribution < -0.4 is 5.32 Å². The Morgan fingerprint density at radius 1 is 1.23 bits per heavy atom. The van der Waals surface area contributed by atoms with E-state index in [1.54, 1.807) is 12.1 Å². The molecule has 0 saturated carbocycles. The van der Waals surface area contributed by atoms with Crippen molar-refractivity contribution < 1.29 is 8.78 Å². The minimum absolute atomic E-state index is 0.0530. The highest BCUT2D eigenvalue weighted by Crippen LogP contribution is 2.29. The molecule has 0 aliphatic carbocycles. The molecule has 2 aromatic rings. The lowest BCUT2D eigenvalue weighted by atomic mass is 10.1. The number of halogens is 3. The molecule has 7 heteroatoms. The number of alkyl halides is 2. The Kier molecular flexibility index (Phi) is 5.97. The zero-order chi connectivity index (χ0) is 16.1. The van der Waals surface area contributed by atoms with Gasteiger partial charge in [0.15, 0.2) is 0 Å². The molecule has 118 valence electrons. The van der Waals surface area contributed by atoms with Crippen LogP contribution in [0, 0.1) is 0 Å².